The van der Waals surface area contributed by atoms with Crippen LogP contribution in [-0.4, -0.2) is 18.1 Å². The molecule has 2 N–H and O–H groups in total. The highest BCUT2D eigenvalue weighted by Gasteiger charge is 2.20. The third kappa shape index (κ3) is 2.66. The van der Waals surface area contributed by atoms with Gasteiger partial charge in [-0.3, -0.25) is 4.79 Å². The summed E-state index contributed by atoms with van der Waals surface area (Å²) < 4.78 is 29.9. The number of halogens is 3. The molecule has 0 aliphatic heterocycles. The number of methoxy groups -OCH3 is 1. The van der Waals surface area contributed by atoms with E-state index in [9.17, 15) is 13.6 Å². The summed E-state index contributed by atoms with van der Waals surface area (Å²) in [6.07, 6.45) is -2.03. The second-order valence-electron chi connectivity index (χ2n) is 2.94. The molecule has 1 aromatic rings. The van der Waals surface area contributed by atoms with Gasteiger partial charge in [0.15, 0.2) is 0 Å². The predicted molar refractivity (Wildman–Crippen MR) is 57.0 cm³/mol. The van der Waals surface area contributed by atoms with E-state index in [-0.39, 0.29) is 27.8 Å². The second kappa shape index (κ2) is 5.20. The lowest BCUT2D eigenvalue weighted by molar-refractivity contribution is -0.139. The highest BCUT2D eigenvalue weighted by molar-refractivity contribution is 9.10. The van der Waals surface area contributed by atoms with Crippen molar-refractivity contribution < 1.29 is 18.3 Å². The number of nitrogens with two attached hydrogens (primary N) is 1. The number of nitrogens with zero attached hydrogens (tertiary/aromatic N) is 1. The molecule has 1 rings (SSSR count). The highest BCUT2D eigenvalue weighted by atomic mass is 79.9. The molecular formula is C9H9BrF2N2O2. The van der Waals surface area contributed by atoms with Gasteiger partial charge in [-0.25, -0.2) is 13.8 Å². The fourth-order valence-electron chi connectivity index (χ4n) is 1.14. The molecule has 1 aromatic heterocycles. The van der Waals surface area contributed by atoms with Gasteiger partial charge in [-0.15, -0.1) is 0 Å². The van der Waals surface area contributed by atoms with Crippen molar-refractivity contribution in [2.24, 2.45) is 0 Å². The van der Waals surface area contributed by atoms with Crippen molar-refractivity contribution in [1.29, 1.82) is 0 Å². The normalized spacial score (nSPS) is 10.6. The number of carbonyl (C=O) groups excluding carboxylic acids is 1. The number of carbonyl (C=O) groups is 1. The van der Waals surface area contributed by atoms with E-state index in [4.69, 9.17) is 5.73 Å². The topological polar surface area (TPSA) is 65.2 Å². The maximum atomic E-state index is 12.6. The minimum atomic E-state index is -2.72. The first-order valence-electron chi connectivity index (χ1n) is 4.25. The van der Waals surface area contributed by atoms with Gasteiger partial charge in [0.2, 0.25) is 0 Å². The van der Waals surface area contributed by atoms with Gasteiger partial charge in [-0.2, -0.15) is 0 Å². The molecule has 16 heavy (non-hydrogen) atoms. The molecule has 0 amide bonds. The molecule has 0 saturated heterocycles. The first kappa shape index (κ1) is 12.8. The number of aromatic nitrogens is 1. The molecule has 1 heterocycles. The Labute approximate surface area is 98.9 Å². The van der Waals surface area contributed by atoms with Crippen molar-refractivity contribution in [3.05, 3.63) is 21.8 Å². The van der Waals surface area contributed by atoms with Crippen LogP contribution in [0.2, 0.25) is 0 Å². The van der Waals surface area contributed by atoms with Gasteiger partial charge < -0.3 is 10.5 Å². The number of alkyl halides is 2. The number of ether oxygens (including phenoxy) is 1. The summed E-state index contributed by atoms with van der Waals surface area (Å²) in [5.41, 5.74) is 5.23. The lowest BCUT2D eigenvalue weighted by atomic mass is 10.1. The Morgan fingerprint density at radius 1 is 1.69 bits per heavy atom. The van der Waals surface area contributed by atoms with Gasteiger partial charge >= 0.3 is 5.97 Å². The minimum absolute atomic E-state index is 0.0586. The van der Waals surface area contributed by atoms with E-state index in [2.05, 4.69) is 25.7 Å². The van der Waals surface area contributed by atoms with Crippen LogP contribution in [0, 0.1) is 0 Å². The third-order valence-electron chi connectivity index (χ3n) is 1.96. The smallest absolute Gasteiger partial charge is 0.310 e. The summed E-state index contributed by atoms with van der Waals surface area (Å²) >= 11 is 3.03. The Bertz CT molecular complexity index is 413. The van der Waals surface area contributed by atoms with Gasteiger partial charge in [0.1, 0.15) is 5.82 Å². The highest BCUT2D eigenvalue weighted by Crippen LogP contribution is 2.31. The summed E-state index contributed by atoms with van der Waals surface area (Å²) in [6, 6.07) is 0. The third-order valence-corrected chi connectivity index (χ3v) is 2.85. The maximum absolute atomic E-state index is 12.6. The van der Waals surface area contributed by atoms with Crippen LogP contribution in [0.15, 0.2) is 10.7 Å². The van der Waals surface area contributed by atoms with Crippen LogP contribution >= 0.6 is 15.9 Å². The average molecular weight is 295 g/mol. The zero-order chi connectivity index (χ0) is 12.3. The van der Waals surface area contributed by atoms with Crippen LogP contribution in [0.4, 0.5) is 14.6 Å². The molecule has 4 nitrogen and oxygen atoms in total. The standard InChI is InChI=1S/C9H9BrF2N2O2/c1-16-6(15)2-4-5(8(11)12)3-14-9(13)7(4)10/h3,8H,2H2,1H3,(H2,13,14). The van der Waals surface area contributed by atoms with Crippen molar-refractivity contribution in [2.45, 2.75) is 12.8 Å². The van der Waals surface area contributed by atoms with E-state index < -0.39 is 12.4 Å². The first-order valence-corrected chi connectivity index (χ1v) is 5.04. The minimum Gasteiger partial charge on any atom is -0.469 e. The van der Waals surface area contributed by atoms with Gasteiger partial charge in [-0.1, -0.05) is 0 Å². The van der Waals surface area contributed by atoms with Crippen LogP contribution in [0.3, 0.4) is 0 Å². The van der Waals surface area contributed by atoms with E-state index in [1.165, 1.54) is 7.11 Å². The Morgan fingerprint density at radius 2 is 2.31 bits per heavy atom. The Balaban J connectivity index is 3.20. The van der Waals surface area contributed by atoms with Crippen LogP contribution in [0.1, 0.15) is 17.6 Å². The summed E-state index contributed by atoms with van der Waals surface area (Å²) in [4.78, 5) is 14.7. The Morgan fingerprint density at radius 3 is 2.81 bits per heavy atom. The van der Waals surface area contributed by atoms with Crippen molar-refractivity contribution in [1.82, 2.24) is 4.98 Å². The Kier molecular flexibility index (Phi) is 4.17. The van der Waals surface area contributed by atoms with E-state index in [1.54, 1.807) is 0 Å². The van der Waals surface area contributed by atoms with Gasteiger partial charge in [0.25, 0.3) is 6.43 Å². The van der Waals surface area contributed by atoms with Crippen molar-refractivity contribution in [3.63, 3.8) is 0 Å². The van der Waals surface area contributed by atoms with E-state index >= 15 is 0 Å². The summed E-state index contributed by atoms with van der Waals surface area (Å²) in [5, 5.41) is 0. The number of nitrogen functional groups attached to an aromatic ring is 1. The number of esters is 1. The van der Waals surface area contributed by atoms with Gasteiger partial charge in [0, 0.05) is 11.8 Å². The molecule has 88 valence electrons. The molecule has 0 spiro atoms. The van der Waals surface area contributed by atoms with Gasteiger partial charge in [0.05, 0.1) is 18.0 Å². The zero-order valence-electron chi connectivity index (χ0n) is 8.34. The molecule has 0 bridgehead atoms. The van der Waals surface area contributed by atoms with E-state index in [0.717, 1.165) is 6.20 Å². The molecule has 7 heteroatoms. The van der Waals surface area contributed by atoms with Crippen LogP contribution in [-0.2, 0) is 16.0 Å². The van der Waals surface area contributed by atoms with E-state index in [1.807, 2.05) is 0 Å². The van der Waals surface area contributed by atoms with Crippen molar-refractivity contribution in [3.8, 4) is 0 Å². The number of rotatable bonds is 3. The second-order valence-corrected chi connectivity index (χ2v) is 3.74. The van der Waals surface area contributed by atoms with Crippen LogP contribution in [0.25, 0.3) is 0 Å². The number of hydrogen-bond donors (Lipinski definition) is 1. The fraction of sp³-hybridized carbons (Fsp3) is 0.333. The SMILES string of the molecule is COC(=O)Cc1c(C(F)F)cnc(N)c1Br. The zero-order valence-corrected chi connectivity index (χ0v) is 9.92. The molecule has 0 unspecified atom stereocenters. The number of pyridine rings is 1. The molecule has 0 fully saturated rings. The monoisotopic (exact) mass is 294 g/mol. The summed E-state index contributed by atoms with van der Waals surface area (Å²) in [5.74, 6) is -0.559. The maximum Gasteiger partial charge on any atom is 0.310 e. The molecule has 0 saturated carbocycles. The first-order chi connectivity index (χ1) is 7.47. The Hall–Kier alpha value is -1.24. The lowest BCUT2D eigenvalue weighted by Gasteiger charge is -2.11. The van der Waals surface area contributed by atoms with Crippen LogP contribution in [0.5, 0.6) is 0 Å². The largest absolute Gasteiger partial charge is 0.469 e. The quantitative estimate of drug-likeness (QED) is 0.867. The molecule has 0 aliphatic rings. The fourth-order valence-corrected chi connectivity index (χ4v) is 1.61. The molecule has 0 aliphatic carbocycles. The molecule has 0 aromatic carbocycles. The van der Waals surface area contributed by atoms with Crippen molar-refractivity contribution >= 4 is 27.7 Å². The lowest BCUT2D eigenvalue weighted by Crippen LogP contribution is -2.10. The molecule has 0 atom stereocenters. The summed E-state index contributed by atoms with van der Waals surface area (Å²) in [7, 11) is 1.18. The van der Waals surface area contributed by atoms with Crippen LogP contribution < -0.4 is 5.73 Å². The number of hydrogen-bond acceptors (Lipinski definition) is 4. The molecule has 0 radical (unpaired) electrons. The average Bonchev–Trinajstić information content (AvgIpc) is 2.24. The van der Waals surface area contributed by atoms with Crippen molar-refractivity contribution in [2.75, 3.05) is 12.8 Å². The summed E-state index contributed by atoms with van der Waals surface area (Å²) in [6.45, 7) is 0. The number of anilines is 1. The van der Waals surface area contributed by atoms with E-state index in [0.29, 0.717) is 0 Å². The molecular weight excluding hydrogens is 286 g/mol. The van der Waals surface area contributed by atoms with Gasteiger partial charge in [-0.05, 0) is 21.5 Å². The predicted octanol–water partition coefficient (Wildman–Crippen LogP) is 2.08.